The molecule has 0 radical (unpaired) electrons. The molecule has 0 aliphatic rings. The van der Waals surface area contributed by atoms with Crippen LogP contribution in [0.2, 0.25) is 0 Å². The van der Waals surface area contributed by atoms with Crippen molar-refractivity contribution in [2.75, 3.05) is 6.61 Å². The van der Waals surface area contributed by atoms with Crippen LogP contribution in [0.4, 0.5) is 13.2 Å². The number of fused-ring (bicyclic) bond motifs is 1. The maximum Gasteiger partial charge on any atom is 0.422 e. The molecule has 0 aromatic carbocycles. The van der Waals surface area contributed by atoms with Gasteiger partial charge in [-0.1, -0.05) is 0 Å². The van der Waals surface area contributed by atoms with Gasteiger partial charge in [0.15, 0.2) is 12.9 Å². The largest absolute Gasteiger partial charge is 0.483 e. The molecule has 2 rings (SSSR count). The van der Waals surface area contributed by atoms with Crippen molar-refractivity contribution in [3.05, 3.63) is 24.0 Å². The average Bonchev–Trinajstić information content (AvgIpc) is 2.68. The Morgan fingerprint density at radius 2 is 2.24 bits per heavy atom. The highest BCUT2D eigenvalue weighted by Gasteiger charge is 2.28. The van der Waals surface area contributed by atoms with E-state index in [-0.39, 0.29) is 11.4 Å². The van der Waals surface area contributed by atoms with Crippen LogP contribution >= 0.6 is 0 Å². The number of hydrogen-bond donors (Lipinski definition) is 1. The molecule has 90 valence electrons. The summed E-state index contributed by atoms with van der Waals surface area (Å²) in [5.74, 6) is 0.0386. The number of rotatable bonds is 3. The molecule has 0 aliphatic heterocycles. The standard InChI is InChI=1S/C10H7F3N2O2/c11-10(12,13)5-17-8-1-2-14-9-7(8)3-6(4-16)15-9/h1-4H,5H2,(H,14,15). The maximum atomic E-state index is 12.0. The molecule has 17 heavy (non-hydrogen) atoms. The van der Waals surface area contributed by atoms with Gasteiger partial charge in [0.05, 0.1) is 11.1 Å². The minimum atomic E-state index is -4.40. The van der Waals surface area contributed by atoms with E-state index in [1.165, 1.54) is 18.3 Å². The van der Waals surface area contributed by atoms with E-state index < -0.39 is 12.8 Å². The van der Waals surface area contributed by atoms with Crippen molar-refractivity contribution in [2.24, 2.45) is 0 Å². The zero-order valence-electron chi connectivity index (χ0n) is 8.41. The fraction of sp³-hybridized carbons (Fsp3) is 0.200. The first-order chi connectivity index (χ1) is 7.99. The second kappa shape index (κ2) is 4.08. The van der Waals surface area contributed by atoms with E-state index in [0.29, 0.717) is 17.3 Å². The van der Waals surface area contributed by atoms with E-state index in [0.717, 1.165) is 0 Å². The first-order valence-corrected chi connectivity index (χ1v) is 4.62. The molecule has 0 atom stereocenters. The van der Waals surface area contributed by atoms with Gasteiger partial charge in [-0.2, -0.15) is 13.2 Å². The quantitative estimate of drug-likeness (QED) is 0.843. The lowest BCUT2D eigenvalue weighted by Gasteiger charge is -2.09. The molecule has 0 fully saturated rings. The third kappa shape index (κ3) is 2.55. The van der Waals surface area contributed by atoms with Crippen molar-refractivity contribution in [2.45, 2.75) is 6.18 Å². The average molecular weight is 244 g/mol. The lowest BCUT2D eigenvalue weighted by molar-refractivity contribution is -0.153. The summed E-state index contributed by atoms with van der Waals surface area (Å²) in [6, 6.07) is 2.71. The summed E-state index contributed by atoms with van der Waals surface area (Å²) < 4.78 is 40.7. The van der Waals surface area contributed by atoms with Crippen LogP contribution in [-0.2, 0) is 0 Å². The molecule has 0 saturated heterocycles. The minimum Gasteiger partial charge on any atom is -0.483 e. The van der Waals surface area contributed by atoms with Gasteiger partial charge in [0.1, 0.15) is 11.4 Å². The molecule has 0 bridgehead atoms. The highest BCUT2D eigenvalue weighted by molar-refractivity contribution is 5.89. The summed E-state index contributed by atoms with van der Waals surface area (Å²) >= 11 is 0. The van der Waals surface area contributed by atoms with E-state index in [2.05, 4.69) is 14.7 Å². The summed E-state index contributed by atoms with van der Waals surface area (Å²) in [5.41, 5.74) is 0.544. The summed E-state index contributed by atoms with van der Waals surface area (Å²) in [5, 5.41) is 0.346. The fourth-order valence-corrected chi connectivity index (χ4v) is 1.37. The van der Waals surface area contributed by atoms with Crippen molar-refractivity contribution < 1.29 is 22.7 Å². The number of aromatic amines is 1. The highest BCUT2D eigenvalue weighted by Crippen LogP contribution is 2.26. The molecule has 2 aromatic rings. The summed E-state index contributed by atoms with van der Waals surface area (Å²) in [6.07, 6.45) is -2.55. The number of carbonyl (C=O) groups excluding carboxylic acids is 1. The Morgan fingerprint density at radius 1 is 1.47 bits per heavy atom. The Hall–Kier alpha value is -2.05. The van der Waals surface area contributed by atoms with E-state index in [1.807, 2.05) is 0 Å². The Morgan fingerprint density at radius 3 is 2.88 bits per heavy atom. The van der Waals surface area contributed by atoms with Crippen molar-refractivity contribution in [1.29, 1.82) is 0 Å². The molecular weight excluding hydrogens is 237 g/mol. The molecule has 0 spiro atoms. The van der Waals surface area contributed by atoms with Crippen LogP contribution in [0.15, 0.2) is 18.3 Å². The van der Waals surface area contributed by atoms with Crippen LogP contribution in [0.3, 0.4) is 0 Å². The van der Waals surface area contributed by atoms with E-state index in [1.54, 1.807) is 0 Å². The molecule has 0 amide bonds. The van der Waals surface area contributed by atoms with E-state index in [4.69, 9.17) is 0 Å². The SMILES string of the molecule is O=Cc1cc2c(OCC(F)(F)F)ccnc2[nH]1. The number of halogens is 3. The van der Waals surface area contributed by atoms with Crippen LogP contribution in [0, 0.1) is 0 Å². The van der Waals surface area contributed by atoms with Gasteiger partial charge >= 0.3 is 6.18 Å². The van der Waals surface area contributed by atoms with Crippen LogP contribution in [-0.4, -0.2) is 29.0 Å². The summed E-state index contributed by atoms with van der Waals surface area (Å²) in [7, 11) is 0. The first kappa shape index (κ1) is 11.4. The topological polar surface area (TPSA) is 55.0 Å². The first-order valence-electron chi connectivity index (χ1n) is 4.62. The van der Waals surface area contributed by atoms with Gasteiger partial charge in [-0.3, -0.25) is 4.79 Å². The van der Waals surface area contributed by atoms with Crippen LogP contribution < -0.4 is 4.74 Å². The van der Waals surface area contributed by atoms with Gasteiger partial charge in [-0.25, -0.2) is 4.98 Å². The predicted octanol–water partition coefficient (Wildman–Crippen LogP) is 2.32. The Kier molecular flexibility index (Phi) is 2.74. The number of alkyl halides is 3. The number of carbonyl (C=O) groups is 1. The minimum absolute atomic E-state index is 0.0386. The van der Waals surface area contributed by atoms with Crippen molar-refractivity contribution in [3.63, 3.8) is 0 Å². The second-order valence-corrected chi connectivity index (χ2v) is 3.32. The van der Waals surface area contributed by atoms with Gasteiger partial charge in [-0.05, 0) is 12.1 Å². The molecule has 0 saturated carbocycles. The summed E-state index contributed by atoms with van der Waals surface area (Å²) in [4.78, 5) is 17.0. The van der Waals surface area contributed by atoms with Gasteiger partial charge in [0.2, 0.25) is 0 Å². The number of nitrogens with one attached hydrogen (secondary N) is 1. The molecule has 2 heterocycles. The number of pyridine rings is 1. The number of aromatic nitrogens is 2. The van der Waals surface area contributed by atoms with Gasteiger partial charge in [-0.15, -0.1) is 0 Å². The Balaban J connectivity index is 2.33. The lowest BCUT2D eigenvalue weighted by atomic mass is 10.3. The lowest BCUT2D eigenvalue weighted by Crippen LogP contribution is -2.19. The molecule has 0 unspecified atom stereocenters. The van der Waals surface area contributed by atoms with E-state index in [9.17, 15) is 18.0 Å². The number of H-pyrrole nitrogens is 1. The highest BCUT2D eigenvalue weighted by atomic mass is 19.4. The Labute approximate surface area is 93.4 Å². The van der Waals surface area contributed by atoms with Crippen molar-refractivity contribution in [3.8, 4) is 5.75 Å². The molecule has 2 aromatic heterocycles. The van der Waals surface area contributed by atoms with Crippen LogP contribution in [0.1, 0.15) is 10.5 Å². The molecule has 1 N–H and O–H groups in total. The predicted molar refractivity (Wildman–Crippen MR) is 53.0 cm³/mol. The van der Waals surface area contributed by atoms with Gasteiger partial charge in [0, 0.05) is 6.20 Å². The number of aldehydes is 1. The third-order valence-corrected chi connectivity index (χ3v) is 2.03. The molecular formula is C10H7F3N2O2. The number of ether oxygens (including phenoxy) is 1. The molecule has 0 aliphatic carbocycles. The normalized spacial score (nSPS) is 11.7. The van der Waals surface area contributed by atoms with Crippen molar-refractivity contribution >= 4 is 17.3 Å². The number of nitrogens with zero attached hydrogens (tertiary/aromatic N) is 1. The smallest absolute Gasteiger partial charge is 0.422 e. The zero-order valence-corrected chi connectivity index (χ0v) is 8.41. The zero-order chi connectivity index (χ0) is 12.5. The van der Waals surface area contributed by atoms with E-state index >= 15 is 0 Å². The second-order valence-electron chi connectivity index (χ2n) is 3.32. The van der Waals surface area contributed by atoms with Gasteiger partial charge in [0.25, 0.3) is 0 Å². The monoisotopic (exact) mass is 244 g/mol. The Bertz CT molecular complexity index is 548. The van der Waals surface area contributed by atoms with Gasteiger partial charge < -0.3 is 9.72 Å². The third-order valence-electron chi connectivity index (χ3n) is 2.03. The summed E-state index contributed by atoms with van der Waals surface area (Å²) in [6.45, 7) is -1.38. The number of hydrogen-bond acceptors (Lipinski definition) is 3. The van der Waals surface area contributed by atoms with Crippen LogP contribution in [0.25, 0.3) is 11.0 Å². The maximum absolute atomic E-state index is 12.0. The van der Waals surface area contributed by atoms with Crippen LogP contribution in [0.5, 0.6) is 5.75 Å². The fourth-order valence-electron chi connectivity index (χ4n) is 1.37. The molecule has 7 heteroatoms. The molecule has 4 nitrogen and oxygen atoms in total. The van der Waals surface area contributed by atoms with Crippen molar-refractivity contribution in [1.82, 2.24) is 9.97 Å².